The van der Waals surface area contributed by atoms with E-state index >= 15 is 0 Å². The first kappa shape index (κ1) is 24.6. The fourth-order valence-corrected chi connectivity index (χ4v) is 3.42. The highest BCUT2D eigenvalue weighted by atomic mass is 16.3. The largest absolute Gasteiger partial charge is 0.395 e. The summed E-state index contributed by atoms with van der Waals surface area (Å²) in [5, 5.41) is 19.7. The van der Waals surface area contributed by atoms with E-state index < -0.39 is 6.10 Å². The molecule has 0 aromatic heterocycles. The van der Waals surface area contributed by atoms with Crippen molar-refractivity contribution in [3.05, 3.63) is 12.2 Å². The molecule has 0 aliphatic rings. The first-order chi connectivity index (χ1) is 12.2. The van der Waals surface area contributed by atoms with E-state index in [9.17, 15) is 10.2 Å². The molecule has 2 N–H and O–H groups in total. The number of hydrogen-bond acceptors (Lipinski definition) is 3. The molecule has 2 atom stereocenters. The zero-order chi connectivity index (χ0) is 18.8. The standard InChI is InChI=1S/C22H45NO2/c1-4-7-8-9-10-11-12-13-14-15-16-17-18-19-22(25)21(20-24)23(5-2)6-3/h18-19,21-22,24-25H,4-17,20H2,1-3H3. The second-order valence-electron chi connectivity index (χ2n) is 7.21. The molecule has 0 heterocycles. The van der Waals surface area contributed by atoms with Crippen molar-refractivity contribution < 1.29 is 10.2 Å². The Hall–Kier alpha value is -0.380. The van der Waals surface area contributed by atoms with Crippen LogP contribution in [-0.4, -0.2) is 47.0 Å². The quantitative estimate of drug-likeness (QED) is 0.259. The average molecular weight is 356 g/mol. The van der Waals surface area contributed by atoms with Gasteiger partial charge in [0.1, 0.15) is 0 Å². The van der Waals surface area contributed by atoms with E-state index in [2.05, 4.69) is 31.7 Å². The Morgan fingerprint density at radius 1 is 0.760 bits per heavy atom. The van der Waals surface area contributed by atoms with Gasteiger partial charge in [0.15, 0.2) is 0 Å². The topological polar surface area (TPSA) is 43.7 Å². The molecule has 0 spiro atoms. The summed E-state index contributed by atoms with van der Waals surface area (Å²) >= 11 is 0. The minimum atomic E-state index is -0.572. The number of unbranched alkanes of at least 4 members (excludes halogenated alkanes) is 11. The van der Waals surface area contributed by atoms with Crippen LogP contribution >= 0.6 is 0 Å². The zero-order valence-corrected chi connectivity index (χ0v) is 17.3. The third kappa shape index (κ3) is 13.5. The summed E-state index contributed by atoms with van der Waals surface area (Å²) < 4.78 is 0. The molecule has 0 aliphatic carbocycles. The van der Waals surface area contributed by atoms with E-state index in [-0.39, 0.29) is 12.6 Å². The van der Waals surface area contributed by atoms with Crippen molar-refractivity contribution in [1.29, 1.82) is 0 Å². The minimum Gasteiger partial charge on any atom is -0.395 e. The lowest BCUT2D eigenvalue weighted by molar-refractivity contribution is 0.0449. The first-order valence-corrected chi connectivity index (χ1v) is 10.9. The number of allylic oxidation sites excluding steroid dienone is 1. The number of likely N-dealkylation sites (N-methyl/N-ethyl adjacent to an activating group) is 1. The monoisotopic (exact) mass is 355 g/mol. The van der Waals surface area contributed by atoms with Crippen LogP contribution in [0.3, 0.4) is 0 Å². The number of aliphatic hydroxyl groups excluding tert-OH is 2. The molecule has 3 nitrogen and oxygen atoms in total. The molecule has 0 fully saturated rings. The van der Waals surface area contributed by atoms with Crippen LogP contribution in [0.4, 0.5) is 0 Å². The zero-order valence-electron chi connectivity index (χ0n) is 17.3. The van der Waals surface area contributed by atoms with Crippen molar-refractivity contribution in [2.24, 2.45) is 0 Å². The van der Waals surface area contributed by atoms with Crippen molar-refractivity contribution in [3.8, 4) is 0 Å². The number of aliphatic hydroxyl groups is 2. The summed E-state index contributed by atoms with van der Waals surface area (Å²) in [6, 6.07) is -0.177. The van der Waals surface area contributed by atoms with E-state index in [1.807, 2.05) is 6.08 Å². The highest BCUT2D eigenvalue weighted by Crippen LogP contribution is 2.12. The van der Waals surface area contributed by atoms with Crippen LogP contribution in [-0.2, 0) is 0 Å². The number of hydrogen-bond donors (Lipinski definition) is 2. The van der Waals surface area contributed by atoms with Crippen LogP contribution in [0.1, 0.15) is 97.8 Å². The summed E-state index contributed by atoms with van der Waals surface area (Å²) in [6.45, 7) is 8.11. The minimum absolute atomic E-state index is 0.00559. The van der Waals surface area contributed by atoms with Crippen molar-refractivity contribution in [3.63, 3.8) is 0 Å². The Balaban J connectivity index is 3.59. The lowest BCUT2D eigenvalue weighted by atomic mass is 10.0. The lowest BCUT2D eigenvalue weighted by Gasteiger charge is -2.30. The molecule has 0 saturated carbocycles. The van der Waals surface area contributed by atoms with Crippen LogP contribution in [0.15, 0.2) is 12.2 Å². The van der Waals surface area contributed by atoms with E-state index in [0.29, 0.717) is 0 Å². The molecule has 150 valence electrons. The maximum Gasteiger partial charge on any atom is 0.0898 e. The summed E-state index contributed by atoms with van der Waals surface area (Å²) in [7, 11) is 0. The molecule has 0 aromatic rings. The van der Waals surface area contributed by atoms with Crippen LogP contribution in [0, 0.1) is 0 Å². The Kier molecular flexibility index (Phi) is 18.1. The SMILES string of the molecule is CCCCCCCCCCCCCC=CC(O)C(CO)N(CC)CC. The molecule has 0 amide bonds. The van der Waals surface area contributed by atoms with Gasteiger partial charge >= 0.3 is 0 Å². The normalized spacial score (nSPS) is 14.5. The fraction of sp³-hybridized carbons (Fsp3) is 0.909. The summed E-state index contributed by atoms with van der Waals surface area (Å²) in [6.07, 6.45) is 19.4. The van der Waals surface area contributed by atoms with E-state index in [4.69, 9.17) is 0 Å². The molecule has 0 rings (SSSR count). The second kappa shape index (κ2) is 18.4. The Bertz CT molecular complexity index is 290. The number of rotatable bonds is 18. The molecule has 25 heavy (non-hydrogen) atoms. The summed E-state index contributed by atoms with van der Waals surface area (Å²) in [5.41, 5.74) is 0. The van der Waals surface area contributed by atoms with Crippen LogP contribution < -0.4 is 0 Å². The van der Waals surface area contributed by atoms with Crippen molar-refractivity contribution in [1.82, 2.24) is 4.90 Å². The highest BCUT2D eigenvalue weighted by Gasteiger charge is 2.20. The van der Waals surface area contributed by atoms with Gasteiger partial charge < -0.3 is 10.2 Å². The van der Waals surface area contributed by atoms with Gasteiger partial charge in [-0.1, -0.05) is 97.1 Å². The smallest absolute Gasteiger partial charge is 0.0898 e. The van der Waals surface area contributed by atoms with E-state index in [0.717, 1.165) is 19.5 Å². The predicted molar refractivity (Wildman–Crippen MR) is 110 cm³/mol. The summed E-state index contributed by atoms with van der Waals surface area (Å²) in [4.78, 5) is 2.11. The molecule has 0 saturated heterocycles. The predicted octanol–water partition coefficient (Wildman–Crippen LogP) is 5.31. The second-order valence-corrected chi connectivity index (χ2v) is 7.21. The van der Waals surface area contributed by atoms with Gasteiger partial charge in [-0.25, -0.2) is 0 Å². The van der Waals surface area contributed by atoms with Gasteiger partial charge in [-0.15, -0.1) is 0 Å². The molecule has 0 bridgehead atoms. The lowest BCUT2D eigenvalue weighted by Crippen LogP contribution is -2.45. The van der Waals surface area contributed by atoms with Crippen molar-refractivity contribution in [2.75, 3.05) is 19.7 Å². The van der Waals surface area contributed by atoms with E-state index in [1.165, 1.54) is 70.6 Å². The Labute approximate surface area is 157 Å². The van der Waals surface area contributed by atoms with Gasteiger partial charge in [-0.3, -0.25) is 4.90 Å². The Morgan fingerprint density at radius 2 is 1.24 bits per heavy atom. The van der Waals surface area contributed by atoms with Gasteiger partial charge in [-0.2, -0.15) is 0 Å². The van der Waals surface area contributed by atoms with Gasteiger partial charge in [0, 0.05) is 0 Å². The molecular formula is C22H45NO2. The molecule has 3 heteroatoms. The van der Waals surface area contributed by atoms with Crippen LogP contribution in [0.5, 0.6) is 0 Å². The first-order valence-electron chi connectivity index (χ1n) is 10.9. The average Bonchev–Trinajstić information content (AvgIpc) is 2.63. The van der Waals surface area contributed by atoms with Crippen molar-refractivity contribution >= 4 is 0 Å². The summed E-state index contributed by atoms with van der Waals surface area (Å²) in [5.74, 6) is 0. The highest BCUT2D eigenvalue weighted by molar-refractivity contribution is 4.95. The third-order valence-electron chi connectivity index (χ3n) is 5.17. The maximum absolute atomic E-state index is 10.2. The van der Waals surface area contributed by atoms with E-state index in [1.54, 1.807) is 0 Å². The van der Waals surface area contributed by atoms with Gasteiger partial charge in [0.2, 0.25) is 0 Å². The molecule has 0 aliphatic heterocycles. The molecular weight excluding hydrogens is 310 g/mol. The third-order valence-corrected chi connectivity index (χ3v) is 5.17. The van der Waals surface area contributed by atoms with Gasteiger partial charge in [0.05, 0.1) is 18.8 Å². The molecule has 2 unspecified atom stereocenters. The van der Waals surface area contributed by atoms with Crippen molar-refractivity contribution in [2.45, 2.75) is 110 Å². The maximum atomic E-state index is 10.2. The van der Waals surface area contributed by atoms with Crippen LogP contribution in [0.25, 0.3) is 0 Å². The number of nitrogens with zero attached hydrogens (tertiary/aromatic N) is 1. The molecule has 0 radical (unpaired) electrons. The Morgan fingerprint density at radius 3 is 1.68 bits per heavy atom. The van der Waals surface area contributed by atoms with Crippen LogP contribution in [0.2, 0.25) is 0 Å². The fourth-order valence-electron chi connectivity index (χ4n) is 3.42. The molecule has 0 aromatic carbocycles. The van der Waals surface area contributed by atoms with Gasteiger partial charge in [0.25, 0.3) is 0 Å². The van der Waals surface area contributed by atoms with Gasteiger partial charge in [-0.05, 0) is 25.9 Å².